The predicted molar refractivity (Wildman–Crippen MR) is 68.9 cm³/mol. The summed E-state index contributed by atoms with van der Waals surface area (Å²) in [6.45, 7) is 3.05. The second kappa shape index (κ2) is 8.03. The Balaban J connectivity index is 2.37. The number of alkyl halides is 2. The molecular weight excluding hydrogens is 236 g/mol. The van der Waals surface area contributed by atoms with E-state index in [1.165, 1.54) is 6.42 Å². The highest BCUT2D eigenvalue weighted by molar-refractivity contribution is 5.33. The fraction of sp³-hybridized carbons (Fsp3) is 0.571. The van der Waals surface area contributed by atoms with Crippen LogP contribution in [-0.4, -0.2) is 13.2 Å². The van der Waals surface area contributed by atoms with E-state index >= 15 is 0 Å². The number of benzene rings is 1. The number of hydrogen-bond acceptors (Lipinski definition) is 2. The van der Waals surface area contributed by atoms with Crippen LogP contribution in [0.4, 0.5) is 8.78 Å². The van der Waals surface area contributed by atoms with E-state index in [-0.39, 0.29) is 5.75 Å². The fourth-order valence-electron chi connectivity index (χ4n) is 1.72. The van der Waals surface area contributed by atoms with Crippen molar-refractivity contribution in [3.8, 4) is 5.75 Å². The number of para-hydroxylation sites is 1. The Morgan fingerprint density at radius 2 is 1.94 bits per heavy atom. The smallest absolute Gasteiger partial charge is 0.387 e. The summed E-state index contributed by atoms with van der Waals surface area (Å²) in [4.78, 5) is 0. The Hall–Kier alpha value is -1.16. The lowest BCUT2D eigenvalue weighted by molar-refractivity contribution is -0.0504. The Morgan fingerprint density at radius 1 is 1.22 bits per heavy atom. The maximum Gasteiger partial charge on any atom is 0.387 e. The van der Waals surface area contributed by atoms with Gasteiger partial charge in [-0.05, 0) is 31.4 Å². The van der Waals surface area contributed by atoms with Gasteiger partial charge in [-0.25, -0.2) is 0 Å². The molecule has 0 aliphatic heterocycles. The van der Waals surface area contributed by atoms with E-state index in [9.17, 15) is 8.78 Å². The maximum atomic E-state index is 12.2. The van der Waals surface area contributed by atoms with Gasteiger partial charge >= 0.3 is 6.61 Å². The molecule has 0 aliphatic rings. The molecule has 0 atom stereocenters. The van der Waals surface area contributed by atoms with Crippen molar-refractivity contribution in [1.82, 2.24) is 5.32 Å². The van der Waals surface area contributed by atoms with E-state index in [2.05, 4.69) is 23.9 Å². The molecule has 1 aromatic rings. The molecule has 1 rings (SSSR count). The van der Waals surface area contributed by atoms with Gasteiger partial charge in [0.25, 0.3) is 0 Å². The molecule has 4 heteroatoms. The molecule has 0 unspecified atom stereocenters. The highest BCUT2D eigenvalue weighted by atomic mass is 19.3. The van der Waals surface area contributed by atoms with Crippen LogP contribution in [0.25, 0.3) is 0 Å². The van der Waals surface area contributed by atoms with Crippen LogP contribution in [0, 0.1) is 5.92 Å². The summed E-state index contributed by atoms with van der Waals surface area (Å²) in [6, 6.07) is 6.88. The average molecular weight is 257 g/mol. The number of halogens is 2. The lowest BCUT2D eigenvalue weighted by Crippen LogP contribution is -2.16. The summed E-state index contributed by atoms with van der Waals surface area (Å²) in [6.07, 6.45) is 2.26. The van der Waals surface area contributed by atoms with Crippen LogP contribution in [0.5, 0.6) is 5.75 Å². The monoisotopic (exact) mass is 257 g/mol. The zero-order valence-corrected chi connectivity index (χ0v) is 11.0. The first-order chi connectivity index (χ1) is 8.59. The second-order valence-corrected chi connectivity index (χ2v) is 4.70. The van der Waals surface area contributed by atoms with E-state index < -0.39 is 6.61 Å². The van der Waals surface area contributed by atoms with Crippen molar-refractivity contribution in [3.05, 3.63) is 29.8 Å². The molecule has 0 saturated carbocycles. The quantitative estimate of drug-likeness (QED) is 0.715. The molecule has 0 saturated heterocycles. The van der Waals surface area contributed by atoms with Crippen LogP contribution in [0.1, 0.15) is 32.3 Å². The number of hydrogen-bond donors (Lipinski definition) is 1. The van der Waals surface area contributed by atoms with E-state index in [1.54, 1.807) is 18.2 Å². The number of nitrogens with one attached hydrogen (secondary N) is 1. The lowest BCUT2D eigenvalue weighted by atomic mass is 10.1. The fourth-order valence-corrected chi connectivity index (χ4v) is 1.72. The maximum absolute atomic E-state index is 12.2. The van der Waals surface area contributed by atoms with Crippen molar-refractivity contribution < 1.29 is 13.5 Å². The molecule has 0 bridgehead atoms. The van der Waals surface area contributed by atoms with Crippen molar-refractivity contribution in [3.63, 3.8) is 0 Å². The third-order valence-electron chi connectivity index (χ3n) is 2.64. The summed E-state index contributed by atoms with van der Waals surface area (Å²) in [5, 5.41) is 3.25. The molecule has 0 amide bonds. The van der Waals surface area contributed by atoms with Gasteiger partial charge < -0.3 is 10.1 Å². The van der Waals surface area contributed by atoms with Gasteiger partial charge in [-0.2, -0.15) is 8.78 Å². The summed E-state index contributed by atoms with van der Waals surface area (Å²) in [7, 11) is 0. The first-order valence-corrected chi connectivity index (χ1v) is 6.33. The van der Waals surface area contributed by atoms with Crippen LogP contribution in [-0.2, 0) is 6.54 Å². The standard InChI is InChI=1S/C14H21F2NO/c1-11(2)6-5-9-17-10-12-7-3-4-8-13(12)18-14(15)16/h3-4,7-8,11,14,17H,5-6,9-10H2,1-2H3. The van der Waals surface area contributed by atoms with Gasteiger partial charge in [-0.15, -0.1) is 0 Å². The van der Waals surface area contributed by atoms with Crippen LogP contribution in [0.2, 0.25) is 0 Å². The average Bonchev–Trinajstić information content (AvgIpc) is 2.29. The molecular formula is C14H21F2NO. The molecule has 1 N–H and O–H groups in total. The molecule has 0 spiro atoms. The highest BCUT2D eigenvalue weighted by Gasteiger charge is 2.08. The van der Waals surface area contributed by atoms with Crippen molar-refractivity contribution in [2.24, 2.45) is 5.92 Å². The van der Waals surface area contributed by atoms with Gasteiger partial charge in [0.1, 0.15) is 5.75 Å². The zero-order chi connectivity index (χ0) is 13.4. The van der Waals surface area contributed by atoms with Crippen molar-refractivity contribution in [2.75, 3.05) is 6.54 Å². The number of rotatable bonds is 8. The molecule has 18 heavy (non-hydrogen) atoms. The van der Waals surface area contributed by atoms with Crippen LogP contribution in [0.15, 0.2) is 24.3 Å². The predicted octanol–water partition coefficient (Wildman–Crippen LogP) is 3.81. The largest absolute Gasteiger partial charge is 0.434 e. The van der Waals surface area contributed by atoms with Crippen LogP contribution >= 0.6 is 0 Å². The van der Waals surface area contributed by atoms with Gasteiger partial charge in [-0.1, -0.05) is 32.0 Å². The summed E-state index contributed by atoms with van der Waals surface area (Å²) in [5.41, 5.74) is 0.766. The van der Waals surface area contributed by atoms with Gasteiger partial charge in [0, 0.05) is 12.1 Å². The molecule has 0 aliphatic carbocycles. The molecule has 0 aromatic heterocycles. The van der Waals surface area contributed by atoms with Crippen LogP contribution in [0.3, 0.4) is 0 Å². The molecule has 0 heterocycles. The number of ether oxygens (including phenoxy) is 1. The highest BCUT2D eigenvalue weighted by Crippen LogP contribution is 2.19. The van der Waals surface area contributed by atoms with Gasteiger partial charge in [-0.3, -0.25) is 0 Å². The topological polar surface area (TPSA) is 21.3 Å². The minimum Gasteiger partial charge on any atom is -0.434 e. The summed E-state index contributed by atoms with van der Waals surface area (Å²) >= 11 is 0. The molecule has 0 fully saturated rings. The normalized spacial score (nSPS) is 11.2. The first kappa shape index (κ1) is 14.9. The van der Waals surface area contributed by atoms with Crippen molar-refractivity contribution in [2.45, 2.75) is 39.8 Å². The molecule has 2 nitrogen and oxygen atoms in total. The van der Waals surface area contributed by atoms with E-state index in [0.29, 0.717) is 12.5 Å². The lowest BCUT2D eigenvalue weighted by Gasteiger charge is -2.11. The van der Waals surface area contributed by atoms with E-state index in [1.807, 2.05) is 6.07 Å². The van der Waals surface area contributed by atoms with Gasteiger partial charge in [0.05, 0.1) is 0 Å². The van der Waals surface area contributed by atoms with Crippen molar-refractivity contribution in [1.29, 1.82) is 0 Å². The van der Waals surface area contributed by atoms with Gasteiger partial charge in [0.2, 0.25) is 0 Å². The minimum absolute atomic E-state index is 0.254. The first-order valence-electron chi connectivity index (χ1n) is 6.33. The van der Waals surface area contributed by atoms with E-state index in [4.69, 9.17) is 0 Å². The third kappa shape index (κ3) is 5.96. The summed E-state index contributed by atoms with van der Waals surface area (Å²) < 4.78 is 28.8. The van der Waals surface area contributed by atoms with Gasteiger partial charge in [0.15, 0.2) is 0 Å². The molecule has 0 radical (unpaired) electrons. The second-order valence-electron chi connectivity index (χ2n) is 4.70. The minimum atomic E-state index is -2.77. The van der Waals surface area contributed by atoms with Crippen molar-refractivity contribution >= 4 is 0 Å². The SMILES string of the molecule is CC(C)CCCNCc1ccccc1OC(F)F. The third-order valence-corrected chi connectivity index (χ3v) is 2.64. The Morgan fingerprint density at radius 3 is 2.61 bits per heavy atom. The summed E-state index contributed by atoms with van der Waals surface area (Å²) in [5.74, 6) is 0.949. The van der Waals surface area contributed by atoms with Crippen LogP contribution < -0.4 is 10.1 Å². The Bertz CT molecular complexity index is 342. The Labute approximate surface area is 107 Å². The molecule has 1 aromatic carbocycles. The van der Waals surface area contributed by atoms with E-state index in [0.717, 1.165) is 18.5 Å². The molecule has 102 valence electrons. The Kier molecular flexibility index (Phi) is 6.65. The zero-order valence-electron chi connectivity index (χ0n) is 11.0.